The maximum Gasteiger partial charge on any atom is 0.222 e. The number of nitrogens with two attached hydrogens (primary N) is 1. The number of likely N-dealkylation sites (tertiary alicyclic amines) is 1. The normalized spacial score (nSPS) is 18.9. The predicted molar refractivity (Wildman–Crippen MR) is 96.4 cm³/mol. The lowest BCUT2D eigenvalue weighted by Crippen LogP contribution is -2.45. The van der Waals surface area contributed by atoms with Gasteiger partial charge in [0.1, 0.15) is 5.75 Å². The minimum atomic E-state index is 0. The molecule has 1 fully saturated rings. The number of piperidine rings is 1. The molecule has 2 atom stereocenters. The van der Waals surface area contributed by atoms with Crippen molar-refractivity contribution in [2.45, 2.75) is 38.6 Å². The van der Waals surface area contributed by atoms with E-state index < -0.39 is 0 Å². The van der Waals surface area contributed by atoms with Crippen LogP contribution in [0.5, 0.6) is 5.75 Å². The molecule has 1 aromatic rings. The lowest BCUT2D eigenvalue weighted by atomic mass is 9.92. The summed E-state index contributed by atoms with van der Waals surface area (Å²) in [6.07, 6.45) is 3.38. The van der Waals surface area contributed by atoms with Crippen LogP contribution in [0.3, 0.4) is 0 Å². The van der Waals surface area contributed by atoms with Gasteiger partial charge in [-0.15, -0.1) is 12.4 Å². The number of hydrogen-bond acceptors (Lipinski definition) is 3. The predicted octanol–water partition coefficient (Wildman–Crippen LogP) is 3.51. The van der Waals surface area contributed by atoms with Crippen molar-refractivity contribution >= 4 is 29.9 Å². The molecule has 0 radical (unpaired) electrons. The second-order valence-electron chi connectivity index (χ2n) is 5.98. The van der Waals surface area contributed by atoms with Gasteiger partial charge in [0.15, 0.2) is 0 Å². The zero-order valence-electron chi connectivity index (χ0n) is 13.5. The standard InChI is InChI=1S/C17H25ClN2O2.ClH/c1-13(19)14-6-4-10-20(12-14)17(21)9-5-11-22-16-8-3-2-7-15(16)18;/h2-3,7-8,13-14H,4-6,9-12,19H2,1H3;1H. The first-order chi connectivity index (χ1) is 10.6. The fourth-order valence-corrected chi connectivity index (χ4v) is 2.98. The van der Waals surface area contributed by atoms with Gasteiger partial charge >= 0.3 is 0 Å². The maximum atomic E-state index is 12.2. The van der Waals surface area contributed by atoms with E-state index in [-0.39, 0.29) is 24.4 Å². The van der Waals surface area contributed by atoms with E-state index in [4.69, 9.17) is 22.1 Å². The van der Waals surface area contributed by atoms with Gasteiger partial charge in [0.25, 0.3) is 0 Å². The quantitative estimate of drug-likeness (QED) is 0.789. The van der Waals surface area contributed by atoms with Gasteiger partial charge in [0.2, 0.25) is 5.91 Å². The summed E-state index contributed by atoms with van der Waals surface area (Å²) >= 11 is 6.02. The third-order valence-electron chi connectivity index (χ3n) is 4.18. The third-order valence-corrected chi connectivity index (χ3v) is 4.50. The number of hydrogen-bond donors (Lipinski definition) is 1. The maximum absolute atomic E-state index is 12.2. The number of ether oxygens (including phenoxy) is 1. The molecule has 0 aliphatic carbocycles. The lowest BCUT2D eigenvalue weighted by Gasteiger charge is -2.34. The molecule has 0 saturated carbocycles. The summed E-state index contributed by atoms with van der Waals surface area (Å²) in [5.41, 5.74) is 5.96. The van der Waals surface area contributed by atoms with E-state index in [9.17, 15) is 4.79 Å². The topological polar surface area (TPSA) is 55.6 Å². The first-order valence-electron chi connectivity index (χ1n) is 7.98. The summed E-state index contributed by atoms with van der Waals surface area (Å²) in [5, 5.41) is 0.602. The van der Waals surface area contributed by atoms with Crippen molar-refractivity contribution in [3.05, 3.63) is 29.3 Å². The fraction of sp³-hybridized carbons (Fsp3) is 0.588. The fourth-order valence-electron chi connectivity index (χ4n) is 2.79. The molecular weight excluding hydrogens is 335 g/mol. The van der Waals surface area contributed by atoms with E-state index in [0.717, 1.165) is 25.9 Å². The lowest BCUT2D eigenvalue weighted by molar-refractivity contribution is -0.133. The Hall–Kier alpha value is -0.970. The van der Waals surface area contributed by atoms with Crippen LogP contribution >= 0.6 is 24.0 Å². The third kappa shape index (κ3) is 6.21. The Kier molecular flexibility index (Phi) is 8.74. The zero-order chi connectivity index (χ0) is 15.9. The monoisotopic (exact) mass is 360 g/mol. The van der Waals surface area contributed by atoms with Crippen LogP contribution in [0.1, 0.15) is 32.6 Å². The SMILES string of the molecule is CC(N)C1CCCN(C(=O)CCCOc2ccccc2Cl)C1.Cl. The molecule has 0 spiro atoms. The van der Waals surface area contributed by atoms with E-state index >= 15 is 0 Å². The molecule has 130 valence electrons. The summed E-state index contributed by atoms with van der Waals surface area (Å²) in [7, 11) is 0. The average molecular weight is 361 g/mol. The highest BCUT2D eigenvalue weighted by atomic mass is 35.5. The van der Waals surface area contributed by atoms with Crippen LogP contribution in [-0.2, 0) is 4.79 Å². The molecule has 23 heavy (non-hydrogen) atoms. The first-order valence-corrected chi connectivity index (χ1v) is 8.36. The van der Waals surface area contributed by atoms with Crippen LogP contribution in [0.4, 0.5) is 0 Å². The average Bonchev–Trinajstić information content (AvgIpc) is 2.53. The van der Waals surface area contributed by atoms with E-state index in [2.05, 4.69) is 0 Å². The Morgan fingerprint density at radius 3 is 2.91 bits per heavy atom. The molecule has 1 aromatic carbocycles. The second kappa shape index (κ2) is 10.0. The van der Waals surface area contributed by atoms with Gasteiger partial charge in [0, 0.05) is 25.6 Å². The van der Waals surface area contributed by atoms with Gasteiger partial charge in [-0.25, -0.2) is 0 Å². The Morgan fingerprint density at radius 1 is 1.48 bits per heavy atom. The van der Waals surface area contributed by atoms with Gasteiger partial charge in [0.05, 0.1) is 11.6 Å². The highest BCUT2D eigenvalue weighted by molar-refractivity contribution is 6.32. The zero-order valence-corrected chi connectivity index (χ0v) is 15.1. The van der Waals surface area contributed by atoms with Gasteiger partial charge < -0.3 is 15.4 Å². The summed E-state index contributed by atoms with van der Waals surface area (Å²) in [5.74, 6) is 1.30. The minimum absolute atomic E-state index is 0. The van der Waals surface area contributed by atoms with Crippen molar-refractivity contribution in [3.8, 4) is 5.75 Å². The summed E-state index contributed by atoms with van der Waals surface area (Å²) < 4.78 is 5.61. The number of amides is 1. The Bertz CT molecular complexity index is 497. The number of para-hydroxylation sites is 1. The van der Waals surface area contributed by atoms with Crippen LogP contribution in [0.15, 0.2) is 24.3 Å². The van der Waals surface area contributed by atoms with Crippen LogP contribution in [0.25, 0.3) is 0 Å². The highest BCUT2D eigenvalue weighted by Crippen LogP contribution is 2.23. The summed E-state index contributed by atoms with van der Waals surface area (Å²) in [6.45, 7) is 4.17. The molecule has 0 bridgehead atoms. The van der Waals surface area contributed by atoms with Crippen LogP contribution in [-0.4, -0.2) is 36.5 Å². The number of halogens is 2. The van der Waals surface area contributed by atoms with Gasteiger partial charge in [-0.1, -0.05) is 23.7 Å². The summed E-state index contributed by atoms with van der Waals surface area (Å²) in [6, 6.07) is 7.53. The minimum Gasteiger partial charge on any atom is -0.492 e. The Labute approximate surface area is 149 Å². The van der Waals surface area contributed by atoms with E-state index in [1.165, 1.54) is 0 Å². The largest absolute Gasteiger partial charge is 0.492 e. The van der Waals surface area contributed by atoms with Crippen LogP contribution in [0.2, 0.25) is 5.02 Å². The van der Waals surface area contributed by atoms with Crippen molar-refractivity contribution in [2.24, 2.45) is 11.7 Å². The van der Waals surface area contributed by atoms with E-state index in [1.54, 1.807) is 6.07 Å². The van der Waals surface area contributed by atoms with Gasteiger partial charge in [-0.2, -0.15) is 0 Å². The Morgan fingerprint density at radius 2 is 2.22 bits per heavy atom. The molecule has 1 saturated heterocycles. The number of carbonyl (C=O) groups is 1. The molecule has 2 unspecified atom stereocenters. The Balaban J connectivity index is 0.00000264. The molecule has 2 rings (SSSR count). The number of rotatable bonds is 6. The van der Waals surface area contributed by atoms with Gasteiger partial charge in [-0.05, 0) is 44.2 Å². The summed E-state index contributed by atoms with van der Waals surface area (Å²) in [4.78, 5) is 14.2. The molecular formula is C17H26Cl2N2O2. The first kappa shape index (κ1) is 20.1. The van der Waals surface area contributed by atoms with Crippen molar-refractivity contribution in [3.63, 3.8) is 0 Å². The van der Waals surface area contributed by atoms with Crippen molar-refractivity contribution in [1.82, 2.24) is 4.90 Å². The highest BCUT2D eigenvalue weighted by Gasteiger charge is 2.25. The van der Waals surface area contributed by atoms with Crippen molar-refractivity contribution < 1.29 is 9.53 Å². The van der Waals surface area contributed by atoms with E-state index in [1.807, 2.05) is 30.0 Å². The number of carbonyl (C=O) groups excluding carboxylic acids is 1. The number of benzene rings is 1. The second-order valence-corrected chi connectivity index (χ2v) is 6.39. The molecule has 2 N–H and O–H groups in total. The number of nitrogens with zero attached hydrogens (tertiary/aromatic N) is 1. The van der Waals surface area contributed by atoms with Crippen molar-refractivity contribution in [2.75, 3.05) is 19.7 Å². The smallest absolute Gasteiger partial charge is 0.222 e. The van der Waals surface area contributed by atoms with Crippen LogP contribution < -0.4 is 10.5 Å². The molecule has 1 aliphatic rings. The molecule has 1 amide bonds. The van der Waals surface area contributed by atoms with Crippen molar-refractivity contribution in [1.29, 1.82) is 0 Å². The van der Waals surface area contributed by atoms with Crippen LogP contribution in [0, 0.1) is 5.92 Å². The molecule has 1 heterocycles. The van der Waals surface area contributed by atoms with E-state index in [0.29, 0.717) is 36.1 Å². The molecule has 6 heteroatoms. The van der Waals surface area contributed by atoms with Gasteiger partial charge in [-0.3, -0.25) is 4.79 Å². The molecule has 4 nitrogen and oxygen atoms in total. The molecule has 0 aromatic heterocycles. The molecule has 1 aliphatic heterocycles.